The van der Waals surface area contributed by atoms with Crippen LogP contribution in [0.1, 0.15) is 5.56 Å². The fourth-order valence-electron chi connectivity index (χ4n) is 2.02. The minimum Gasteiger partial charge on any atom is -0.488 e. The third kappa shape index (κ3) is 3.15. The van der Waals surface area contributed by atoms with Crippen molar-refractivity contribution in [3.8, 4) is 5.75 Å². The van der Waals surface area contributed by atoms with Crippen LogP contribution in [0.4, 0.5) is 0 Å². The van der Waals surface area contributed by atoms with Crippen molar-refractivity contribution in [3.05, 3.63) is 68.9 Å². The minimum absolute atomic E-state index is 0.333. The predicted molar refractivity (Wildman–Crippen MR) is 90.2 cm³/mol. The molecule has 0 N–H and O–H groups in total. The Morgan fingerprint density at radius 3 is 2.71 bits per heavy atom. The van der Waals surface area contributed by atoms with Gasteiger partial charge in [0.05, 0.1) is 9.50 Å². The lowest BCUT2D eigenvalue weighted by molar-refractivity contribution is 0.304. The first-order valence-electron chi connectivity index (χ1n) is 6.25. The monoisotopic (exact) mass is 381 g/mol. The summed E-state index contributed by atoms with van der Waals surface area (Å²) in [5.74, 6) is 0.764. The van der Waals surface area contributed by atoms with Crippen molar-refractivity contribution in [1.82, 2.24) is 4.98 Å². The molecule has 0 aliphatic rings. The zero-order valence-electron chi connectivity index (χ0n) is 10.8. The van der Waals surface area contributed by atoms with Crippen molar-refractivity contribution >= 4 is 49.9 Å². The lowest BCUT2D eigenvalue weighted by atomic mass is 10.1. The number of ether oxygens (including phenoxy) is 1. The average molecular weight is 383 g/mol. The molecule has 1 aromatic heterocycles. The molecular formula is C16H10BrCl2NO. The maximum atomic E-state index is 6.11. The topological polar surface area (TPSA) is 22.1 Å². The Bertz CT molecular complexity index is 807. The summed E-state index contributed by atoms with van der Waals surface area (Å²) in [7, 11) is 0. The number of halogens is 3. The molecule has 0 atom stereocenters. The van der Waals surface area contributed by atoms with E-state index in [2.05, 4.69) is 27.0 Å². The number of fused-ring (bicyclic) bond motifs is 1. The molecule has 1 heterocycles. The van der Waals surface area contributed by atoms with Gasteiger partial charge in [0.15, 0.2) is 0 Å². The Hall–Kier alpha value is -1.29. The Morgan fingerprint density at radius 1 is 1.10 bits per heavy atom. The van der Waals surface area contributed by atoms with Crippen LogP contribution in [0.3, 0.4) is 0 Å². The summed E-state index contributed by atoms with van der Waals surface area (Å²) >= 11 is 15.5. The van der Waals surface area contributed by atoms with E-state index in [0.29, 0.717) is 16.8 Å². The highest BCUT2D eigenvalue weighted by Gasteiger charge is 2.08. The van der Waals surface area contributed by atoms with E-state index in [1.165, 1.54) is 0 Å². The van der Waals surface area contributed by atoms with Gasteiger partial charge in [0.25, 0.3) is 0 Å². The predicted octanol–water partition coefficient (Wildman–Crippen LogP) is 5.88. The molecule has 0 fully saturated rings. The van der Waals surface area contributed by atoms with Crippen LogP contribution in [-0.2, 0) is 6.61 Å². The molecule has 0 aliphatic carbocycles. The molecule has 0 saturated heterocycles. The fourth-order valence-corrected chi connectivity index (χ4v) is 3.05. The summed E-state index contributed by atoms with van der Waals surface area (Å²) < 4.78 is 6.77. The average Bonchev–Trinajstić information content (AvgIpc) is 2.48. The lowest BCUT2D eigenvalue weighted by Crippen LogP contribution is -1.98. The van der Waals surface area contributed by atoms with Crippen LogP contribution in [-0.4, -0.2) is 4.98 Å². The van der Waals surface area contributed by atoms with E-state index in [1.54, 1.807) is 12.3 Å². The van der Waals surface area contributed by atoms with E-state index in [1.807, 2.05) is 30.3 Å². The highest BCUT2D eigenvalue weighted by atomic mass is 79.9. The summed E-state index contributed by atoms with van der Waals surface area (Å²) in [6.07, 6.45) is 1.62. The Morgan fingerprint density at radius 2 is 1.90 bits per heavy atom. The van der Waals surface area contributed by atoms with Gasteiger partial charge in [0.1, 0.15) is 17.5 Å². The Labute approximate surface area is 140 Å². The van der Waals surface area contributed by atoms with E-state index >= 15 is 0 Å². The molecule has 0 aliphatic heterocycles. The van der Waals surface area contributed by atoms with Crippen LogP contribution in [0.2, 0.25) is 10.2 Å². The zero-order valence-corrected chi connectivity index (χ0v) is 13.9. The van der Waals surface area contributed by atoms with E-state index in [9.17, 15) is 0 Å². The Kier molecular flexibility index (Phi) is 4.34. The van der Waals surface area contributed by atoms with E-state index in [0.717, 1.165) is 26.6 Å². The quantitative estimate of drug-likeness (QED) is 0.527. The fraction of sp³-hybridized carbons (Fsp3) is 0.0625. The number of pyridine rings is 1. The van der Waals surface area contributed by atoms with Crippen LogP contribution in [0, 0.1) is 0 Å². The van der Waals surface area contributed by atoms with Crippen LogP contribution in [0.25, 0.3) is 10.8 Å². The van der Waals surface area contributed by atoms with Gasteiger partial charge in [-0.05, 0) is 38.8 Å². The molecule has 0 bridgehead atoms. The first-order chi connectivity index (χ1) is 10.1. The first kappa shape index (κ1) is 14.6. The van der Waals surface area contributed by atoms with Crippen molar-refractivity contribution < 1.29 is 4.74 Å². The molecule has 0 spiro atoms. The van der Waals surface area contributed by atoms with Crippen molar-refractivity contribution in [2.45, 2.75) is 6.61 Å². The van der Waals surface area contributed by atoms with Crippen molar-refractivity contribution in [1.29, 1.82) is 0 Å². The number of rotatable bonds is 3. The lowest BCUT2D eigenvalue weighted by Gasteiger charge is -2.11. The SMILES string of the molecule is Clc1cc(Cl)c(COc2ccc3ccccc3c2Br)cn1. The molecule has 3 aromatic rings. The molecule has 2 aromatic carbocycles. The normalized spacial score (nSPS) is 10.8. The zero-order chi connectivity index (χ0) is 14.8. The largest absolute Gasteiger partial charge is 0.488 e. The van der Waals surface area contributed by atoms with Crippen LogP contribution < -0.4 is 4.74 Å². The third-order valence-electron chi connectivity index (χ3n) is 3.11. The standard InChI is InChI=1S/C16H10BrCl2NO/c17-16-12-4-2-1-3-10(12)5-6-14(16)21-9-11-8-20-15(19)7-13(11)18/h1-8H,9H2. The van der Waals surface area contributed by atoms with Gasteiger partial charge < -0.3 is 4.74 Å². The summed E-state index contributed by atoms with van der Waals surface area (Å²) in [5.41, 5.74) is 0.793. The van der Waals surface area contributed by atoms with Crippen LogP contribution in [0.5, 0.6) is 5.75 Å². The van der Waals surface area contributed by atoms with Crippen molar-refractivity contribution in [3.63, 3.8) is 0 Å². The van der Waals surface area contributed by atoms with Gasteiger partial charge in [0, 0.05) is 11.8 Å². The van der Waals surface area contributed by atoms with Crippen LogP contribution >= 0.6 is 39.1 Å². The second-order valence-electron chi connectivity index (χ2n) is 4.49. The van der Waals surface area contributed by atoms with Crippen molar-refractivity contribution in [2.24, 2.45) is 0 Å². The van der Waals surface area contributed by atoms with Crippen molar-refractivity contribution in [2.75, 3.05) is 0 Å². The number of hydrogen-bond acceptors (Lipinski definition) is 2. The number of benzene rings is 2. The molecule has 106 valence electrons. The smallest absolute Gasteiger partial charge is 0.134 e. The van der Waals surface area contributed by atoms with Gasteiger partial charge in [-0.15, -0.1) is 0 Å². The summed E-state index contributed by atoms with van der Waals surface area (Å²) in [5, 5.41) is 3.18. The summed E-state index contributed by atoms with van der Waals surface area (Å²) in [6, 6.07) is 13.7. The van der Waals surface area contributed by atoms with Gasteiger partial charge in [-0.25, -0.2) is 4.98 Å². The molecule has 0 radical (unpaired) electrons. The maximum Gasteiger partial charge on any atom is 0.134 e. The minimum atomic E-state index is 0.333. The molecule has 0 saturated carbocycles. The number of hydrogen-bond donors (Lipinski definition) is 0. The molecule has 3 rings (SSSR count). The van der Waals surface area contributed by atoms with Crippen LogP contribution in [0.15, 0.2) is 53.1 Å². The molecule has 0 amide bonds. The number of nitrogens with zero attached hydrogens (tertiary/aromatic N) is 1. The van der Waals surface area contributed by atoms with E-state index in [-0.39, 0.29) is 0 Å². The molecule has 21 heavy (non-hydrogen) atoms. The second-order valence-corrected chi connectivity index (χ2v) is 6.07. The number of aromatic nitrogens is 1. The molecule has 5 heteroatoms. The second kappa shape index (κ2) is 6.22. The van der Waals surface area contributed by atoms with E-state index < -0.39 is 0 Å². The van der Waals surface area contributed by atoms with Gasteiger partial charge >= 0.3 is 0 Å². The molecule has 0 unspecified atom stereocenters. The molecule has 2 nitrogen and oxygen atoms in total. The maximum absolute atomic E-state index is 6.11. The molecular weight excluding hydrogens is 373 g/mol. The van der Waals surface area contributed by atoms with Gasteiger partial charge in [0.2, 0.25) is 0 Å². The summed E-state index contributed by atoms with van der Waals surface area (Å²) in [4.78, 5) is 4.01. The van der Waals surface area contributed by atoms with Gasteiger partial charge in [-0.2, -0.15) is 0 Å². The highest BCUT2D eigenvalue weighted by Crippen LogP contribution is 2.33. The summed E-state index contributed by atoms with van der Waals surface area (Å²) in [6.45, 7) is 0.333. The van der Waals surface area contributed by atoms with Gasteiger partial charge in [-0.1, -0.05) is 53.5 Å². The Balaban J connectivity index is 1.87. The highest BCUT2D eigenvalue weighted by molar-refractivity contribution is 9.10. The van der Waals surface area contributed by atoms with Gasteiger partial charge in [-0.3, -0.25) is 0 Å². The first-order valence-corrected chi connectivity index (χ1v) is 7.80. The van der Waals surface area contributed by atoms with E-state index in [4.69, 9.17) is 27.9 Å². The third-order valence-corrected chi connectivity index (χ3v) is 4.48.